The summed E-state index contributed by atoms with van der Waals surface area (Å²) in [6.45, 7) is 1.73. The van der Waals surface area contributed by atoms with Crippen LogP contribution in [0.1, 0.15) is 13.3 Å². The van der Waals surface area contributed by atoms with Gasteiger partial charge in [-0.3, -0.25) is 5.41 Å². The van der Waals surface area contributed by atoms with Crippen LogP contribution < -0.4 is 0 Å². The van der Waals surface area contributed by atoms with Crippen molar-refractivity contribution in [1.29, 1.82) is 5.41 Å². The standard InChI is InChI=1S/C4H9NO3S/c1-2-3-9(6,7)8-4-5/h4-5H,2-3H2,1H3. The number of nitrogens with one attached hydrogen (secondary N) is 1. The summed E-state index contributed by atoms with van der Waals surface area (Å²) < 4.78 is 24.9. The Morgan fingerprint density at radius 1 is 1.67 bits per heavy atom. The van der Waals surface area contributed by atoms with Gasteiger partial charge in [-0.1, -0.05) is 6.92 Å². The maximum atomic E-state index is 10.5. The minimum absolute atomic E-state index is 0.0254. The zero-order valence-corrected chi connectivity index (χ0v) is 5.94. The molecule has 0 amide bonds. The Hall–Kier alpha value is -0.580. The fourth-order valence-corrected chi connectivity index (χ4v) is 1.11. The van der Waals surface area contributed by atoms with Crippen LogP contribution in [0.25, 0.3) is 0 Å². The van der Waals surface area contributed by atoms with Crippen molar-refractivity contribution in [1.82, 2.24) is 0 Å². The first-order chi connectivity index (χ1) is 4.12. The van der Waals surface area contributed by atoms with E-state index in [1.54, 1.807) is 6.92 Å². The SMILES string of the molecule is CCCS(=O)(=O)OC=N. The molecule has 0 unspecified atom stereocenters. The van der Waals surface area contributed by atoms with Gasteiger partial charge in [0.15, 0.2) is 6.40 Å². The van der Waals surface area contributed by atoms with Gasteiger partial charge in [0, 0.05) is 0 Å². The molecule has 0 saturated heterocycles. The Balaban J connectivity index is 3.88. The summed E-state index contributed by atoms with van der Waals surface area (Å²) in [5.74, 6) is -0.0254. The van der Waals surface area contributed by atoms with Crippen molar-refractivity contribution >= 4 is 16.5 Å². The molecule has 0 saturated carbocycles. The van der Waals surface area contributed by atoms with Gasteiger partial charge in [-0.15, -0.1) is 0 Å². The average Bonchev–Trinajstić information content (AvgIpc) is 1.64. The van der Waals surface area contributed by atoms with E-state index in [0.29, 0.717) is 12.8 Å². The van der Waals surface area contributed by atoms with E-state index in [9.17, 15) is 8.42 Å². The van der Waals surface area contributed by atoms with Crippen LogP contribution in [0.2, 0.25) is 0 Å². The van der Waals surface area contributed by atoms with E-state index >= 15 is 0 Å². The molecule has 0 aromatic rings. The highest BCUT2D eigenvalue weighted by Gasteiger charge is 2.05. The second-order valence-electron chi connectivity index (χ2n) is 1.48. The molecule has 0 aliphatic heterocycles. The van der Waals surface area contributed by atoms with Crippen LogP contribution in [0.3, 0.4) is 0 Å². The van der Waals surface area contributed by atoms with Crippen molar-refractivity contribution in [3.63, 3.8) is 0 Å². The molecular weight excluding hydrogens is 142 g/mol. The Labute approximate surface area is 54.5 Å². The first kappa shape index (κ1) is 8.42. The smallest absolute Gasteiger partial charge is 0.310 e. The molecule has 0 radical (unpaired) electrons. The van der Waals surface area contributed by atoms with E-state index in [0.717, 1.165) is 0 Å². The summed E-state index contributed by atoms with van der Waals surface area (Å²) in [7, 11) is -3.42. The highest BCUT2D eigenvalue weighted by molar-refractivity contribution is 7.87. The molecule has 0 aromatic heterocycles. The molecule has 0 bridgehead atoms. The van der Waals surface area contributed by atoms with Gasteiger partial charge in [0.1, 0.15) is 0 Å². The Kier molecular flexibility index (Phi) is 3.22. The van der Waals surface area contributed by atoms with E-state index in [2.05, 4.69) is 4.18 Å². The summed E-state index contributed by atoms with van der Waals surface area (Å²) in [5, 5.41) is 6.31. The summed E-state index contributed by atoms with van der Waals surface area (Å²) in [5.41, 5.74) is 0. The Bertz CT molecular complexity index is 172. The average molecular weight is 151 g/mol. The van der Waals surface area contributed by atoms with Crippen molar-refractivity contribution in [2.24, 2.45) is 0 Å². The van der Waals surface area contributed by atoms with Crippen LogP contribution in [0.4, 0.5) is 0 Å². The summed E-state index contributed by atoms with van der Waals surface area (Å²) in [6, 6.07) is 0. The fraction of sp³-hybridized carbons (Fsp3) is 0.750. The number of hydrogen-bond donors (Lipinski definition) is 1. The minimum Gasteiger partial charge on any atom is -0.371 e. The molecule has 0 fully saturated rings. The lowest BCUT2D eigenvalue weighted by Crippen LogP contribution is -2.07. The normalized spacial score (nSPS) is 10.8. The highest BCUT2D eigenvalue weighted by atomic mass is 32.2. The van der Waals surface area contributed by atoms with Gasteiger partial charge >= 0.3 is 10.1 Å². The van der Waals surface area contributed by atoms with Crippen molar-refractivity contribution in [3.8, 4) is 0 Å². The molecule has 4 nitrogen and oxygen atoms in total. The Morgan fingerprint density at radius 2 is 2.22 bits per heavy atom. The summed E-state index contributed by atoms with van der Waals surface area (Å²) in [4.78, 5) is 0. The van der Waals surface area contributed by atoms with Gasteiger partial charge in [-0.2, -0.15) is 8.42 Å². The van der Waals surface area contributed by atoms with Crippen LogP contribution in [-0.4, -0.2) is 20.6 Å². The van der Waals surface area contributed by atoms with Crippen molar-refractivity contribution in [3.05, 3.63) is 0 Å². The summed E-state index contributed by atoms with van der Waals surface area (Å²) >= 11 is 0. The largest absolute Gasteiger partial charge is 0.371 e. The molecule has 0 aromatic carbocycles. The predicted molar refractivity (Wildman–Crippen MR) is 33.9 cm³/mol. The van der Waals surface area contributed by atoms with Gasteiger partial charge in [0.25, 0.3) is 0 Å². The quantitative estimate of drug-likeness (QED) is 0.358. The topological polar surface area (TPSA) is 67.2 Å². The third-order valence-electron chi connectivity index (χ3n) is 0.649. The molecule has 1 N–H and O–H groups in total. The molecule has 0 atom stereocenters. The van der Waals surface area contributed by atoms with E-state index in [1.165, 1.54) is 0 Å². The zero-order chi connectivity index (χ0) is 7.33. The van der Waals surface area contributed by atoms with Crippen molar-refractivity contribution < 1.29 is 12.6 Å². The van der Waals surface area contributed by atoms with Crippen LogP contribution in [0.15, 0.2) is 0 Å². The minimum atomic E-state index is -3.42. The second kappa shape index (κ2) is 3.45. The monoisotopic (exact) mass is 151 g/mol. The van der Waals surface area contributed by atoms with Gasteiger partial charge in [0.2, 0.25) is 0 Å². The zero-order valence-electron chi connectivity index (χ0n) is 5.12. The molecule has 0 heterocycles. The van der Waals surface area contributed by atoms with Crippen molar-refractivity contribution in [2.45, 2.75) is 13.3 Å². The molecule has 5 heteroatoms. The maximum Gasteiger partial charge on any atom is 0.310 e. The lowest BCUT2D eigenvalue weighted by molar-refractivity contribution is 0.489. The second-order valence-corrected chi connectivity index (χ2v) is 3.19. The van der Waals surface area contributed by atoms with E-state index < -0.39 is 10.1 Å². The predicted octanol–water partition coefficient (Wildman–Crippen LogP) is 0.350. The summed E-state index contributed by atoms with van der Waals surface area (Å²) in [6.07, 6.45) is 0.932. The number of hydrogen-bond acceptors (Lipinski definition) is 4. The molecule has 0 aliphatic carbocycles. The van der Waals surface area contributed by atoms with E-state index in [4.69, 9.17) is 5.41 Å². The van der Waals surface area contributed by atoms with Gasteiger partial charge in [-0.05, 0) is 6.42 Å². The van der Waals surface area contributed by atoms with Gasteiger partial charge < -0.3 is 4.18 Å². The third-order valence-corrected chi connectivity index (χ3v) is 1.95. The van der Waals surface area contributed by atoms with Crippen LogP contribution in [-0.2, 0) is 14.3 Å². The molecule has 0 aliphatic rings. The first-order valence-electron chi connectivity index (χ1n) is 2.52. The molecule has 9 heavy (non-hydrogen) atoms. The lowest BCUT2D eigenvalue weighted by atomic mass is 10.6. The van der Waals surface area contributed by atoms with Crippen LogP contribution in [0.5, 0.6) is 0 Å². The van der Waals surface area contributed by atoms with E-state index in [1.807, 2.05) is 0 Å². The maximum absolute atomic E-state index is 10.5. The van der Waals surface area contributed by atoms with E-state index in [-0.39, 0.29) is 5.75 Å². The van der Waals surface area contributed by atoms with Crippen LogP contribution >= 0.6 is 0 Å². The molecule has 54 valence electrons. The third kappa shape index (κ3) is 3.96. The highest BCUT2D eigenvalue weighted by Crippen LogP contribution is 1.91. The Morgan fingerprint density at radius 3 is 2.56 bits per heavy atom. The van der Waals surface area contributed by atoms with Gasteiger partial charge in [0.05, 0.1) is 5.75 Å². The lowest BCUT2D eigenvalue weighted by Gasteiger charge is -1.96. The molecule has 0 rings (SSSR count). The fourth-order valence-electron chi connectivity index (χ4n) is 0.371. The first-order valence-corrected chi connectivity index (χ1v) is 4.10. The van der Waals surface area contributed by atoms with Crippen LogP contribution in [0, 0.1) is 5.41 Å². The van der Waals surface area contributed by atoms with Gasteiger partial charge in [-0.25, -0.2) is 0 Å². The van der Waals surface area contributed by atoms with Crippen molar-refractivity contribution in [2.75, 3.05) is 5.75 Å². The number of rotatable bonds is 4. The molecular formula is C4H9NO3S. The molecule has 0 spiro atoms.